The molecule has 4 heteroatoms. The number of hydrogen-bond donors (Lipinski definition) is 0. The van der Waals surface area contributed by atoms with E-state index < -0.39 is 0 Å². The molecule has 0 N–H and O–H groups in total. The third-order valence-corrected chi connectivity index (χ3v) is 3.75. The van der Waals surface area contributed by atoms with Crippen molar-refractivity contribution >= 4 is 23.4 Å². The second-order valence-electron chi connectivity index (χ2n) is 5.18. The fourth-order valence-corrected chi connectivity index (χ4v) is 2.69. The third kappa shape index (κ3) is 2.50. The minimum Gasteiger partial charge on any atom is -0.273 e. The Bertz CT molecular complexity index is 592. The molecule has 3 rings (SSSR count). The summed E-state index contributed by atoms with van der Waals surface area (Å²) in [5.74, 6) is -0.360. The highest BCUT2D eigenvalue weighted by atomic mass is 19.1. The number of nitrogens with zero attached hydrogens (tertiary/aromatic N) is 2. The average Bonchev–Trinajstić information content (AvgIpc) is 2.48. The standard InChI is InChI=1S/C16H17FN2O/c17-15-11-13(19-16(20)7-4-10-18-19)8-9-14(15)12-5-2-1-3-6-12/h5,8-11H,1-4,6-7H2. The summed E-state index contributed by atoms with van der Waals surface area (Å²) in [6, 6.07) is 4.94. The average molecular weight is 272 g/mol. The molecule has 1 heterocycles. The molecule has 1 amide bonds. The first kappa shape index (κ1) is 13.0. The summed E-state index contributed by atoms with van der Waals surface area (Å²) in [5.41, 5.74) is 2.24. The lowest BCUT2D eigenvalue weighted by Gasteiger charge is -2.21. The van der Waals surface area contributed by atoms with Crippen molar-refractivity contribution < 1.29 is 9.18 Å². The number of anilines is 1. The lowest BCUT2D eigenvalue weighted by Crippen LogP contribution is -2.28. The predicted molar refractivity (Wildman–Crippen MR) is 78.1 cm³/mol. The first-order valence-corrected chi connectivity index (χ1v) is 7.10. The molecular weight excluding hydrogens is 255 g/mol. The second-order valence-corrected chi connectivity index (χ2v) is 5.18. The maximum absolute atomic E-state index is 14.3. The van der Waals surface area contributed by atoms with Crippen LogP contribution in [0.25, 0.3) is 5.57 Å². The molecule has 0 fully saturated rings. The number of carbonyl (C=O) groups is 1. The van der Waals surface area contributed by atoms with Gasteiger partial charge in [-0.05, 0) is 49.8 Å². The molecule has 0 unspecified atom stereocenters. The molecule has 0 aromatic heterocycles. The number of hydrazone groups is 1. The molecule has 0 saturated carbocycles. The van der Waals surface area contributed by atoms with Gasteiger partial charge >= 0.3 is 0 Å². The summed E-state index contributed by atoms with van der Waals surface area (Å²) < 4.78 is 14.3. The van der Waals surface area contributed by atoms with Gasteiger partial charge in [0, 0.05) is 24.3 Å². The Morgan fingerprint density at radius 1 is 1.15 bits per heavy atom. The zero-order valence-corrected chi connectivity index (χ0v) is 11.3. The van der Waals surface area contributed by atoms with Crippen LogP contribution in [-0.2, 0) is 4.79 Å². The van der Waals surface area contributed by atoms with E-state index in [1.807, 2.05) is 0 Å². The van der Waals surface area contributed by atoms with Gasteiger partial charge in [-0.2, -0.15) is 5.10 Å². The maximum Gasteiger partial charge on any atom is 0.247 e. The fourth-order valence-electron chi connectivity index (χ4n) is 2.69. The fraction of sp³-hybridized carbons (Fsp3) is 0.375. The lowest BCUT2D eigenvalue weighted by atomic mass is 9.93. The Morgan fingerprint density at radius 3 is 2.75 bits per heavy atom. The highest BCUT2D eigenvalue weighted by molar-refractivity contribution is 5.97. The molecular formula is C16H17FN2O. The van der Waals surface area contributed by atoms with Gasteiger partial charge in [-0.3, -0.25) is 4.79 Å². The van der Waals surface area contributed by atoms with Crippen LogP contribution in [0, 0.1) is 5.82 Å². The van der Waals surface area contributed by atoms with Gasteiger partial charge in [-0.15, -0.1) is 0 Å². The van der Waals surface area contributed by atoms with Crippen LogP contribution in [0.4, 0.5) is 10.1 Å². The molecule has 1 aromatic carbocycles. The van der Waals surface area contributed by atoms with Crippen LogP contribution >= 0.6 is 0 Å². The number of amides is 1. The van der Waals surface area contributed by atoms with E-state index in [0.717, 1.165) is 24.8 Å². The molecule has 1 aromatic rings. The summed E-state index contributed by atoms with van der Waals surface area (Å²) in [6.07, 6.45) is 9.13. The maximum atomic E-state index is 14.3. The predicted octanol–water partition coefficient (Wildman–Crippen LogP) is 3.90. The molecule has 0 saturated heterocycles. The van der Waals surface area contributed by atoms with Crippen molar-refractivity contribution in [3.05, 3.63) is 35.7 Å². The zero-order chi connectivity index (χ0) is 13.9. The summed E-state index contributed by atoms with van der Waals surface area (Å²) in [4.78, 5) is 11.8. The molecule has 0 radical (unpaired) electrons. The SMILES string of the molecule is O=C1CCC=NN1c1ccc(C2=CCCCC2)c(F)c1. The minimum atomic E-state index is -0.274. The molecule has 104 valence electrons. The van der Waals surface area contributed by atoms with Crippen molar-refractivity contribution in [3.63, 3.8) is 0 Å². The number of benzene rings is 1. The van der Waals surface area contributed by atoms with Crippen molar-refractivity contribution in [2.75, 3.05) is 5.01 Å². The molecule has 20 heavy (non-hydrogen) atoms. The van der Waals surface area contributed by atoms with Crippen LogP contribution in [0.15, 0.2) is 29.4 Å². The Hall–Kier alpha value is -1.97. The monoisotopic (exact) mass is 272 g/mol. The van der Waals surface area contributed by atoms with Gasteiger partial charge in [-0.25, -0.2) is 9.40 Å². The number of carbonyl (C=O) groups excluding carboxylic acids is 1. The molecule has 0 atom stereocenters. The van der Waals surface area contributed by atoms with Crippen LogP contribution in [0.1, 0.15) is 44.1 Å². The van der Waals surface area contributed by atoms with Gasteiger partial charge in [0.2, 0.25) is 5.91 Å². The number of allylic oxidation sites excluding steroid dienone is 2. The van der Waals surface area contributed by atoms with E-state index in [4.69, 9.17) is 0 Å². The van der Waals surface area contributed by atoms with Crippen molar-refractivity contribution in [1.29, 1.82) is 0 Å². The Morgan fingerprint density at radius 2 is 2.05 bits per heavy atom. The van der Waals surface area contributed by atoms with Gasteiger partial charge in [0.05, 0.1) is 5.69 Å². The minimum absolute atomic E-state index is 0.0865. The number of rotatable bonds is 2. The van der Waals surface area contributed by atoms with Crippen LogP contribution in [0.5, 0.6) is 0 Å². The van der Waals surface area contributed by atoms with Crippen molar-refractivity contribution in [2.24, 2.45) is 5.10 Å². The van der Waals surface area contributed by atoms with Gasteiger partial charge in [0.15, 0.2) is 0 Å². The van der Waals surface area contributed by atoms with Crippen molar-refractivity contribution in [2.45, 2.75) is 38.5 Å². The summed E-state index contributed by atoms with van der Waals surface area (Å²) in [5, 5.41) is 5.32. The van der Waals surface area contributed by atoms with Gasteiger partial charge in [-0.1, -0.05) is 6.08 Å². The van der Waals surface area contributed by atoms with Crippen molar-refractivity contribution in [3.8, 4) is 0 Å². The van der Waals surface area contributed by atoms with E-state index >= 15 is 0 Å². The second kappa shape index (κ2) is 5.57. The topological polar surface area (TPSA) is 32.7 Å². The number of hydrogen-bond acceptors (Lipinski definition) is 2. The molecule has 0 bridgehead atoms. The lowest BCUT2D eigenvalue weighted by molar-refractivity contribution is -0.118. The largest absolute Gasteiger partial charge is 0.273 e. The van der Waals surface area contributed by atoms with E-state index in [1.54, 1.807) is 18.3 Å². The molecule has 1 aliphatic carbocycles. The quantitative estimate of drug-likeness (QED) is 0.803. The van der Waals surface area contributed by atoms with E-state index in [9.17, 15) is 9.18 Å². The van der Waals surface area contributed by atoms with Crippen LogP contribution < -0.4 is 5.01 Å². The van der Waals surface area contributed by atoms with E-state index in [1.165, 1.54) is 17.5 Å². The van der Waals surface area contributed by atoms with Crippen LogP contribution in [0.2, 0.25) is 0 Å². The Balaban J connectivity index is 1.91. The van der Waals surface area contributed by atoms with Crippen LogP contribution in [-0.4, -0.2) is 12.1 Å². The van der Waals surface area contributed by atoms with E-state index in [-0.39, 0.29) is 11.7 Å². The zero-order valence-electron chi connectivity index (χ0n) is 11.3. The van der Waals surface area contributed by atoms with Crippen molar-refractivity contribution in [1.82, 2.24) is 0 Å². The molecule has 0 spiro atoms. The highest BCUT2D eigenvalue weighted by Crippen LogP contribution is 2.31. The summed E-state index contributed by atoms with van der Waals surface area (Å²) in [6.45, 7) is 0. The van der Waals surface area contributed by atoms with Crippen LogP contribution in [0.3, 0.4) is 0 Å². The highest BCUT2D eigenvalue weighted by Gasteiger charge is 2.19. The smallest absolute Gasteiger partial charge is 0.247 e. The van der Waals surface area contributed by atoms with E-state index in [2.05, 4.69) is 11.2 Å². The Kier molecular flexibility index (Phi) is 3.63. The molecule has 1 aliphatic heterocycles. The molecule has 2 aliphatic rings. The first-order valence-electron chi connectivity index (χ1n) is 7.10. The summed E-state index contributed by atoms with van der Waals surface area (Å²) in [7, 11) is 0. The Labute approximate surface area is 117 Å². The van der Waals surface area contributed by atoms with Gasteiger partial charge in [0.1, 0.15) is 5.82 Å². The normalized spacial score (nSPS) is 19.1. The third-order valence-electron chi connectivity index (χ3n) is 3.75. The molecule has 3 nitrogen and oxygen atoms in total. The number of halogens is 1. The van der Waals surface area contributed by atoms with E-state index in [0.29, 0.717) is 24.1 Å². The van der Waals surface area contributed by atoms with Gasteiger partial charge in [0.25, 0.3) is 0 Å². The van der Waals surface area contributed by atoms with Gasteiger partial charge < -0.3 is 0 Å². The summed E-state index contributed by atoms with van der Waals surface area (Å²) >= 11 is 0. The first-order chi connectivity index (χ1) is 9.75.